The fraction of sp³-hybridized carbons (Fsp3) is 0.214. The highest BCUT2D eigenvalue weighted by Gasteiger charge is 2.24. The van der Waals surface area contributed by atoms with E-state index < -0.39 is 17.9 Å². The van der Waals surface area contributed by atoms with Crippen molar-refractivity contribution in [3.63, 3.8) is 0 Å². The van der Waals surface area contributed by atoms with E-state index in [2.05, 4.69) is 16.3 Å². The lowest BCUT2D eigenvalue weighted by Gasteiger charge is -2.26. The highest BCUT2D eigenvalue weighted by molar-refractivity contribution is 6.39. The number of carbonyl (C=O) groups excluding carboxylic acids is 1. The second-order valence-electron chi connectivity index (χ2n) is 8.70. The van der Waals surface area contributed by atoms with Gasteiger partial charge >= 0.3 is 5.97 Å². The first-order valence-corrected chi connectivity index (χ1v) is 12.3. The van der Waals surface area contributed by atoms with Gasteiger partial charge in [-0.25, -0.2) is 9.18 Å². The van der Waals surface area contributed by atoms with Crippen LogP contribution in [-0.2, 0) is 17.8 Å². The quantitative estimate of drug-likeness (QED) is 0.386. The van der Waals surface area contributed by atoms with Crippen LogP contribution in [0.25, 0.3) is 5.57 Å². The Morgan fingerprint density at radius 3 is 2.19 bits per heavy atom. The third-order valence-electron chi connectivity index (χ3n) is 6.17. The first-order valence-electron chi connectivity index (χ1n) is 11.5. The lowest BCUT2D eigenvalue weighted by molar-refractivity contribution is -0.139. The summed E-state index contributed by atoms with van der Waals surface area (Å²) in [5.74, 6) is -2.01. The van der Waals surface area contributed by atoms with Crippen molar-refractivity contribution in [3.05, 3.63) is 111 Å². The standard InChI is InChI=1S/C28H25Cl2FN2O3/c29-23-2-1-3-24(30)26(23)27(34)32-25(28(35)36)16-18-4-8-20(9-5-18)21-12-14-33(15-13-21)17-19-6-10-22(31)11-7-19/h1-12,25H,13-17H2,(H,32,34)(H,35,36)/t25-/m0/s1. The molecule has 186 valence electrons. The molecule has 0 bridgehead atoms. The summed E-state index contributed by atoms with van der Waals surface area (Å²) in [5.41, 5.74) is 4.23. The molecule has 0 aromatic heterocycles. The lowest BCUT2D eigenvalue weighted by atomic mass is 9.96. The molecular weight excluding hydrogens is 502 g/mol. The van der Waals surface area contributed by atoms with Crippen LogP contribution in [0.15, 0.2) is 72.8 Å². The van der Waals surface area contributed by atoms with Gasteiger partial charge in [0.2, 0.25) is 0 Å². The number of hydrogen-bond acceptors (Lipinski definition) is 3. The molecule has 0 aliphatic carbocycles. The van der Waals surface area contributed by atoms with Crippen LogP contribution in [0.5, 0.6) is 0 Å². The molecule has 4 rings (SSSR count). The van der Waals surface area contributed by atoms with E-state index in [-0.39, 0.29) is 27.8 Å². The van der Waals surface area contributed by atoms with Gasteiger partial charge in [-0.1, -0.05) is 71.7 Å². The van der Waals surface area contributed by atoms with E-state index in [1.165, 1.54) is 29.8 Å². The van der Waals surface area contributed by atoms with E-state index in [9.17, 15) is 19.1 Å². The molecular formula is C28H25Cl2FN2O3. The van der Waals surface area contributed by atoms with Gasteiger partial charge in [-0.3, -0.25) is 9.69 Å². The fourth-order valence-electron chi connectivity index (χ4n) is 4.20. The van der Waals surface area contributed by atoms with Crippen LogP contribution >= 0.6 is 23.2 Å². The molecule has 1 atom stereocenters. The van der Waals surface area contributed by atoms with E-state index >= 15 is 0 Å². The summed E-state index contributed by atoms with van der Waals surface area (Å²) >= 11 is 12.2. The lowest BCUT2D eigenvalue weighted by Crippen LogP contribution is -2.42. The monoisotopic (exact) mass is 526 g/mol. The van der Waals surface area contributed by atoms with E-state index in [0.29, 0.717) is 0 Å². The first-order chi connectivity index (χ1) is 17.3. The van der Waals surface area contributed by atoms with Crippen molar-refractivity contribution in [1.29, 1.82) is 0 Å². The van der Waals surface area contributed by atoms with E-state index in [4.69, 9.17) is 23.2 Å². The molecule has 5 nitrogen and oxygen atoms in total. The van der Waals surface area contributed by atoms with Gasteiger partial charge in [0.1, 0.15) is 11.9 Å². The number of carboxylic acid groups (broad SMARTS) is 1. The Balaban J connectivity index is 1.37. The maximum absolute atomic E-state index is 13.1. The van der Waals surface area contributed by atoms with Crippen LogP contribution in [0.1, 0.15) is 33.5 Å². The molecule has 3 aromatic carbocycles. The second kappa shape index (κ2) is 11.7. The zero-order valence-electron chi connectivity index (χ0n) is 19.4. The summed E-state index contributed by atoms with van der Waals surface area (Å²) < 4.78 is 13.1. The molecule has 3 aromatic rings. The smallest absolute Gasteiger partial charge is 0.326 e. The van der Waals surface area contributed by atoms with E-state index in [0.717, 1.165) is 42.7 Å². The molecule has 1 heterocycles. The Bertz CT molecular complexity index is 1260. The van der Waals surface area contributed by atoms with Crippen LogP contribution in [0.3, 0.4) is 0 Å². The third kappa shape index (κ3) is 6.52. The van der Waals surface area contributed by atoms with Gasteiger partial charge < -0.3 is 10.4 Å². The van der Waals surface area contributed by atoms with Crippen LogP contribution in [-0.4, -0.2) is 41.0 Å². The number of rotatable bonds is 8. The Hall–Kier alpha value is -3.19. The Morgan fingerprint density at radius 2 is 1.61 bits per heavy atom. The topological polar surface area (TPSA) is 69.6 Å². The van der Waals surface area contributed by atoms with Crippen molar-refractivity contribution in [2.75, 3.05) is 13.1 Å². The summed E-state index contributed by atoms with van der Waals surface area (Å²) in [6.45, 7) is 2.46. The Morgan fingerprint density at radius 1 is 0.972 bits per heavy atom. The molecule has 0 fully saturated rings. The highest BCUT2D eigenvalue weighted by Crippen LogP contribution is 2.25. The molecule has 1 aliphatic rings. The minimum atomic E-state index is -1.15. The number of amides is 1. The highest BCUT2D eigenvalue weighted by atomic mass is 35.5. The maximum atomic E-state index is 13.1. The number of nitrogens with one attached hydrogen (secondary N) is 1. The average Bonchev–Trinajstić information content (AvgIpc) is 2.86. The van der Waals surface area contributed by atoms with Crippen molar-refractivity contribution in [3.8, 4) is 0 Å². The summed E-state index contributed by atoms with van der Waals surface area (Å²) in [6, 6.07) is 17.8. The molecule has 1 aliphatic heterocycles. The van der Waals surface area contributed by atoms with Crippen molar-refractivity contribution in [2.24, 2.45) is 0 Å². The minimum absolute atomic E-state index is 0.0557. The van der Waals surface area contributed by atoms with Crippen molar-refractivity contribution in [2.45, 2.75) is 25.4 Å². The summed E-state index contributed by atoms with van der Waals surface area (Å²) in [4.78, 5) is 26.8. The van der Waals surface area contributed by atoms with Crippen LogP contribution in [0.4, 0.5) is 4.39 Å². The molecule has 0 unspecified atom stereocenters. The van der Waals surface area contributed by atoms with Crippen molar-refractivity contribution in [1.82, 2.24) is 10.2 Å². The zero-order valence-corrected chi connectivity index (χ0v) is 20.9. The minimum Gasteiger partial charge on any atom is -0.480 e. The van der Waals surface area contributed by atoms with Gasteiger partial charge in [0, 0.05) is 26.1 Å². The molecule has 8 heteroatoms. The zero-order chi connectivity index (χ0) is 25.7. The maximum Gasteiger partial charge on any atom is 0.326 e. The molecule has 0 spiro atoms. The number of carbonyl (C=O) groups is 2. The van der Waals surface area contributed by atoms with Gasteiger partial charge in [0.05, 0.1) is 15.6 Å². The molecule has 2 N–H and O–H groups in total. The van der Waals surface area contributed by atoms with Crippen LogP contribution in [0.2, 0.25) is 10.0 Å². The number of halogens is 3. The predicted molar refractivity (Wildman–Crippen MR) is 140 cm³/mol. The number of nitrogens with zero attached hydrogens (tertiary/aromatic N) is 1. The molecule has 0 saturated carbocycles. The first kappa shape index (κ1) is 25.9. The van der Waals surface area contributed by atoms with Crippen molar-refractivity contribution >= 4 is 40.7 Å². The number of aliphatic carboxylic acids is 1. The fourth-order valence-corrected chi connectivity index (χ4v) is 4.77. The molecule has 0 saturated heterocycles. The van der Waals surface area contributed by atoms with Crippen LogP contribution < -0.4 is 5.32 Å². The van der Waals surface area contributed by atoms with Gasteiger partial charge in [0.15, 0.2) is 0 Å². The van der Waals surface area contributed by atoms with Crippen LogP contribution in [0, 0.1) is 5.82 Å². The van der Waals surface area contributed by atoms with E-state index in [1.54, 1.807) is 6.07 Å². The predicted octanol–water partition coefficient (Wildman–Crippen LogP) is 5.85. The van der Waals surface area contributed by atoms with E-state index in [1.807, 2.05) is 36.4 Å². The second-order valence-corrected chi connectivity index (χ2v) is 9.52. The Labute approximate surface area is 219 Å². The summed E-state index contributed by atoms with van der Waals surface area (Å²) in [6.07, 6.45) is 3.19. The Kier molecular flexibility index (Phi) is 8.41. The van der Waals surface area contributed by atoms with Gasteiger partial charge in [0.25, 0.3) is 5.91 Å². The van der Waals surface area contributed by atoms with Gasteiger partial charge in [-0.2, -0.15) is 0 Å². The third-order valence-corrected chi connectivity index (χ3v) is 6.80. The summed E-state index contributed by atoms with van der Waals surface area (Å²) in [5, 5.41) is 12.5. The largest absolute Gasteiger partial charge is 0.480 e. The van der Waals surface area contributed by atoms with Gasteiger partial charge in [-0.15, -0.1) is 0 Å². The average molecular weight is 527 g/mol. The number of benzene rings is 3. The van der Waals surface area contributed by atoms with Crippen molar-refractivity contribution < 1.29 is 19.1 Å². The molecule has 1 amide bonds. The summed E-state index contributed by atoms with van der Waals surface area (Å²) in [7, 11) is 0. The number of carboxylic acids is 1. The molecule has 0 radical (unpaired) electrons. The normalized spacial score (nSPS) is 14.7. The van der Waals surface area contributed by atoms with Gasteiger partial charge in [-0.05, 0) is 52.9 Å². The number of hydrogen-bond donors (Lipinski definition) is 2. The SMILES string of the molecule is O=C(N[C@@H](Cc1ccc(C2=CCN(Cc3ccc(F)cc3)CC2)cc1)C(=O)O)c1c(Cl)cccc1Cl. The molecule has 36 heavy (non-hydrogen) atoms.